The van der Waals surface area contributed by atoms with Crippen molar-refractivity contribution >= 4 is 12.4 Å². The van der Waals surface area contributed by atoms with Gasteiger partial charge in [0.25, 0.3) is 6.47 Å². The maximum absolute atomic E-state index is 12.4. The van der Waals surface area contributed by atoms with E-state index in [1.807, 2.05) is 0 Å². The summed E-state index contributed by atoms with van der Waals surface area (Å²) in [5.74, 6) is 2.56. The average molecular weight is 251 g/mol. The predicted molar refractivity (Wildman–Crippen MR) is 65.6 cm³/mol. The molecule has 1 N–H and O–H groups in total. The van der Waals surface area contributed by atoms with Crippen LogP contribution in [0.2, 0.25) is 0 Å². The first-order chi connectivity index (χ1) is 8.72. The average Bonchev–Trinajstić information content (AvgIpc) is 2.32. The van der Waals surface area contributed by atoms with Crippen LogP contribution >= 0.6 is 0 Å². The van der Waals surface area contributed by atoms with Gasteiger partial charge < -0.3 is 10.1 Å². The summed E-state index contributed by atoms with van der Waals surface area (Å²) in [6.45, 7) is 1.15. The highest BCUT2D eigenvalue weighted by Crippen LogP contribution is 2.60. The van der Waals surface area contributed by atoms with Crippen LogP contribution in [0.5, 0.6) is 0 Å². The van der Waals surface area contributed by atoms with Crippen LogP contribution in [0.3, 0.4) is 0 Å². The van der Waals surface area contributed by atoms with Crippen molar-refractivity contribution in [1.82, 2.24) is 5.32 Å². The zero-order valence-corrected chi connectivity index (χ0v) is 10.7. The second kappa shape index (κ2) is 4.56. The van der Waals surface area contributed by atoms with Gasteiger partial charge in [-0.2, -0.15) is 0 Å². The molecule has 0 aromatic carbocycles. The molecule has 1 amide bonds. The van der Waals surface area contributed by atoms with Crippen LogP contribution in [0.4, 0.5) is 0 Å². The first-order valence-electron chi connectivity index (χ1n) is 7.05. The molecule has 0 unspecified atom stereocenters. The van der Waals surface area contributed by atoms with Gasteiger partial charge in [0.1, 0.15) is 6.61 Å². The predicted octanol–water partition coefficient (Wildman–Crippen LogP) is 1.49. The lowest BCUT2D eigenvalue weighted by molar-refractivity contribution is -0.146. The van der Waals surface area contributed by atoms with E-state index in [0.717, 1.165) is 37.0 Å². The maximum Gasteiger partial charge on any atom is 0.293 e. The zero-order valence-electron chi connectivity index (χ0n) is 10.7. The summed E-state index contributed by atoms with van der Waals surface area (Å²) in [6, 6.07) is 0. The van der Waals surface area contributed by atoms with Crippen molar-refractivity contribution in [3.63, 3.8) is 0 Å². The van der Waals surface area contributed by atoms with E-state index in [4.69, 9.17) is 0 Å². The Morgan fingerprint density at radius 1 is 1.17 bits per heavy atom. The topological polar surface area (TPSA) is 55.4 Å². The third-order valence-electron chi connectivity index (χ3n) is 5.09. The van der Waals surface area contributed by atoms with Crippen LogP contribution in [-0.2, 0) is 14.3 Å². The molecule has 4 nitrogen and oxygen atoms in total. The molecule has 0 aromatic rings. The fourth-order valence-corrected chi connectivity index (χ4v) is 4.85. The third-order valence-corrected chi connectivity index (χ3v) is 5.09. The van der Waals surface area contributed by atoms with E-state index < -0.39 is 0 Å². The second-order valence-electron chi connectivity index (χ2n) is 6.42. The highest BCUT2D eigenvalue weighted by molar-refractivity contribution is 5.83. The van der Waals surface area contributed by atoms with E-state index >= 15 is 0 Å². The van der Waals surface area contributed by atoms with Gasteiger partial charge in [-0.15, -0.1) is 0 Å². The second-order valence-corrected chi connectivity index (χ2v) is 6.42. The van der Waals surface area contributed by atoms with Crippen LogP contribution < -0.4 is 5.32 Å². The Morgan fingerprint density at radius 3 is 2.22 bits per heavy atom. The van der Waals surface area contributed by atoms with Crippen LogP contribution in [0, 0.1) is 23.2 Å². The van der Waals surface area contributed by atoms with E-state index in [1.165, 1.54) is 19.3 Å². The minimum Gasteiger partial charge on any atom is -0.466 e. The fraction of sp³-hybridized carbons (Fsp3) is 0.857. The lowest BCUT2D eigenvalue weighted by Crippen LogP contribution is -2.53. The normalized spacial score (nSPS) is 40.6. The van der Waals surface area contributed by atoms with Crippen molar-refractivity contribution in [3.05, 3.63) is 0 Å². The molecule has 0 spiro atoms. The summed E-state index contributed by atoms with van der Waals surface area (Å²) in [5, 5.41) is 2.95. The van der Waals surface area contributed by atoms with Crippen molar-refractivity contribution < 1.29 is 14.3 Å². The van der Waals surface area contributed by atoms with E-state index in [2.05, 4.69) is 10.1 Å². The quantitative estimate of drug-likeness (QED) is 0.595. The Morgan fingerprint density at radius 2 is 1.72 bits per heavy atom. The molecule has 4 aliphatic carbocycles. The molecule has 0 aliphatic heterocycles. The summed E-state index contributed by atoms with van der Waals surface area (Å²) in [5.41, 5.74) is -0.0874. The van der Waals surface area contributed by atoms with Crippen molar-refractivity contribution in [1.29, 1.82) is 0 Å². The molecule has 0 saturated heterocycles. The molecule has 4 saturated carbocycles. The minimum absolute atomic E-state index is 0.0874. The van der Waals surface area contributed by atoms with E-state index in [9.17, 15) is 9.59 Å². The van der Waals surface area contributed by atoms with Crippen molar-refractivity contribution in [2.24, 2.45) is 23.2 Å². The highest BCUT2D eigenvalue weighted by atomic mass is 16.5. The summed E-state index contributed by atoms with van der Waals surface area (Å²) in [6.07, 6.45) is 7.29. The van der Waals surface area contributed by atoms with Crippen molar-refractivity contribution in [2.75, 3.05) is 13.2 Å². The van der Waals surface area contributed by atoms with Gasteiger partial charge in [-0.1, -0.05) is 0 Å². The monoisotopic (exact) mass is 251 g/mol. The molecule has 0 radical (unpaired) electrons. The van der Waals surface area contributed by atoms with E-state index in [1.54, 1.807) is 0 Å². The van der Waals surface area contributed by atoms with E-state index in [-0.39, 0.29) is 17.9 Å². The lowest BCUT2D eigenvalue weighted by atomic mass is 9.49. The Balaban J connectivity index is 1.60. The molecule has 18 heavy (non-hydrogen) atoms. The number of rotatable bonds is 5. The molecule has 4 aliphatic rings. The number of carbonyl (C=O) groups excluding carboxylic acids is 2. The first-order valence-corrected chi connectivity index (χ1v) is 7.05. The van der Waals surface area contributed by atoms with Gasteiger partial charge in [-0.25, -0.2) is 0 Å². The Bertz CT molecular complexity index is 318. The van der Waals surface area contributed by atoms with Crippen LogP contribution in [-0.4, -0.2) is 25.5 Å². The summed E-state index contributed by atoms with van der Waals surface area (Å²) in [4.78, 5) is 22.4. The molecule has 4 fully saturated rings. The van der Waals surface area contributed by atoms with Crippen molar-refractivity contribution in [3.8, 4) is 0 Å². The van der Waals surface area contributed by atoms with Gasteiger partial charge in [-0.05, 0) is 56.3 Å². The van der Waals surface area contributed by atoms with E-state index in [0.29, 0.717) is 13.0 Å². The Labute approximate surface area is 107 Å². The van der Waals surface area contributed by atoms with Crippen molar-refractivity contribution in [2.45, 2.75) is 38.5 Å². The van der Waals surface area contributed by atoms with Crippen LogP contribution in [0.1, 0.15) is 38.5 Å². The molecule has 0 heterocycles. The SMILES string of the molecule is O=COCCNC(=O)C12CC3CC(CC(C3)C1)C2. The van der Waals surface area contributed by atoms with Gasteiger partial charge in [0, 0.05) is 5.41 Å². The van der Waals surface area contributed by atoms with Gasteiger partial charge in [0.2, 0.25) is 5.91 Å². The standard InChI is InChI=1S/C14H21NO3/c16-9-18-2-1-15-13(17)14-6-10-3-11(7-14)5-12(4-10)8-14/h9-12H,1-8H2,(H,15,17). The molecular weight excluding hydrogens is 230 g/mol. The molecule has 4 bridgehead atoms. The summed E-state index contributed by atoms with van der Waals surface area (Å²) < 4.78 is 4.61. The third kappa shape index (κ3) is 2.02. The van der Waals surface area contributed by atoms with Gasteiger partial charge in [0.15, 0.2) is 0 Å². The Hall–Kier alpha value is -1.06. The molecule has 100 valence electrons. The Kier molecular flexibility index (Phi) is 3.04. The number of amides is 1. The van der Waals surface area contributed by atoms with Gasteiger partial charge >= 0.3 is 0 Å². The number of ether oxygens (including phenoxy) is 1. The van der Waals surface area contributed by atoms with Gasteiger partial charge in [0.05, 0.1) is 6.54 Å². The van der Waals surface area contributed by atoms with Gasteiger partial charge in [-0.3, -0.25) is 9.59 Å². The van der Waals surface area contributed by atoms with Crippen LogP contribution in [0.25, 0.3) is 0 Å². The highest BCUT2D eigenvalue weighted by Gasteiger charge is 2.54. The molecule has 0 atom stereocenters. The number of hydrogen-bond donors (Lipinski definition) is 1. The summed E-state index contributed by atoms with van der Waals surface area (Å²) in [7, 11) is 0. The zero-order chi connectivity index (χ0) is 12.6. The molecule has 4 rings (SSSR count). The maximum atomic E-state index is 12.4. The van der Waals surface area contributed by atoms with Crippen LogP contribution in [0.15, 0.2) is 0 Å². The molecule has 4 heteroatoms. The summed E-state index contributed by atoms with van der Waals surface area (Å²) >= 11 is 0. The number of hydrogen-bond acceptors (Lipinski definition) is 3. The number of nitrogens with one attached hydrogen (secondary N) is 1. The minimum atomic E-state index is -0.0874. The largest absolute Gasteiger partial charge is 0.466 e. The number of carbonyl (C=O) groups is 2. The first kappa shape index (κ1) is 12.0. The fourth-order valence-electron chi connectivity index (χ4n) is 4.85. The smallest absolute Gasteiger partial charge is 0.293 e. The lowest BCUT2D eigenvalue weighted by Gasteiger charge is -2.55. The molecule has 0 aromatic heterocycles. The molecular formula is C14H21NO3.